The number of nitrogens with two attached hydrogens (primary N) is 1. The molecule has 0 radical (unpaired) electrons. The third kappa shape index (κ3) is 5.85. The highest BCUT2D eigenvalue weighted by molar-refractivity contribution is 14.1. The average Bonchev–Trinajstić information content (AvgIpc) is 2.62. The first-order valence-corrected chi connectivity index (χ1v) is 10.3. The molecule has 1 rings (SSSR count). The van der Waals surface area contributed by atoms with Gasteiger partial charge in [0.2, 0.25) is 0 Å². The minimum Gasteiger partial charge on any atom is -0.397 e. The van der Waals surface area contributed by atoms with E-state index >= 15 is 0 Å². The van der Waals surface area contributed by atoms with E-state index in [0.717, 1.165) is 0 Å². The molecule has 9 nitrogen and oxygen atoms in total. The van der Waals surface area contributed by atoms with Crippen LogP contribution in [0.3, 0.4) is 0 Å². The van der Waals surface area contributed by atoms with Crippen molar-refractivity contribution in [2.45, 2.75) is 6.10 Å². The fraction of sp³-hybridized carbons (Fsp3) is 0.357. The Kier molecular flexibility index (Phi) is 9.94. The van der Waals surface area contributed by atoms with Gasteiger partial charge in [-0.1, -0.05) is 0 Å². The Morgan fingerprint density at radius 1 is 0.962 bits per heavy atom. The zero-order valence-corrected chi connectivity index (χ0v) is 19.7. The van der Waals surface area contributed by atoms with Gasteiger partial charge in [0, 0.05) is 10.1 Å². The summed E-state index contributed by atoms with van der Waals surface area (Å²) in [6, 6.07) is 0. The van der Waals surface area contributed by atoms with Gasteiger partial charge in [0.15, 0.2) is 5.78 Å². The molecule has 1 aromatic carbocycles. The summed E-state index contributed by atoms with van der Waals surface area (Å²) in [4.78, 5) is 36.1. The van der Waals surface area contributed by atoms with E-state index in [2.05, 4.69) is 10.6 Å². The van der Waals surface area contributed by atoms with Crippen LogP contribution in [0.15, 0.2) is 0 Å². The molecule has 0 saturated carbocycles. The van der Waals surface area contributed by atoms with E-state index in [1.807, 2.05) is 67.8 Å². The van der Waals surface area contributed by atoms with E-state index in [9.17, 15) is 19.5 Å². The zero-order valence-electron chi connectivity index (χ0n) is 13.2. The SMILES string of the molecule is Nc1c(I)c(C(=O)NCC(=O)CO)c(I)c(C(=O)NCC(O)CO)c1I. The molecule has 0 fully saturated rings. The van der Waals surface area contributed by atoms with E-state index in [-0.39, 0.29) is 29.9 Å². The number of hydrogen-bond acceptors (Lipinski definition) is 7. The van der Waals surface area contributed by atoms with Crippen molar-refractivity contribution in [1.82, 2.24) is 10.6 Å². The van der Waals surface area contributed by atoms with Crippen LogP contribution in [0.4, 0.5) is 5.69 Å². The number of halogens is 3. The van der Waals surface area contributed by atoms with E-state index < -0.39 is 36.9 Å². The number of carbonyl (C=O) groups excluding carboxylic acids is 3. The van der Waals surface area contributed by atoms with Gasteiger partial charge < -0.3 is 31.7 Å². The number of benzene rings is 1. The number of aliphatic hydroxyl groups excluding tert-OH is 3. The van der Waals surface area contributed by atoms with Gasteiger partial charge in [-0.05, 0) is 67.8 Å². The average molecular weight is 703 g/mol. The van der Waals surface area contributed by atoms with Crippen LogP contribution in [0.25, 0.3) is 0 Å². The van der Waals surface area contributed by atoms with Crippen molar-refractivity contribution in [3.05, 3.63) is 21.8 Å². The second-order valence-corrected chi connectivity index (χ2v) is 8.27. The summed E-state index contributed by atoms with van der Waals surface area (Å²) in [6.07, 6.45) is -1.11. The Morgan fingerprint density at radius 3 is 1.92 bits per heavy atom. The Hall–Kier alpha value is -0.300. The number of nitrogen functional groups attached to an aromatic ring is 1. The molecule has 0 spiro atoms. The van der Waals surface area contributed by atoms with Crippen LogP contribution in [0, 0.1) is 10.7 Å². The van der Waals surface area contributed by atoms with Gasteiger partial charge in [0.1, 0.15) is 6.61 Å². The van der Waals surface area contributed by atoms with Crippen molar-refractivity contribution in [3.8, 4) is 0 Å². The van der Waals surface area contributed by atoms with E-state index in [1.165, 1.54) is 0 Å². The van der Waals surface area contributed by atoms with Gasteiger partial charge in [0.05, 0.1) is 43.2 Å². The van der Waals surface area contributed by atoms with Gasteiger partial charge in [-0.25, -0.2) is 0 Å². The van der Waals surface area contributed by atoms with Crippen LogP contribution >= 0.6 is 67.8 Å². The second-order valence-electron chi connectivity index (χ2n) is 5.03. The first-order valence-electron chi connectivity index (χ1n) is 7.09. The molecule has 0 aliphatic carbocycles. The lowest BCUT2D eigenvalue weighted by Crippen LogP contribution is -2.36. The van der Waals surface area contributed by atoms with Crippen LogP contribution in [-0.2, 0) is 4.79 Å². The lowest BCUT2D eigenvalue weighted by molar-refractivity contribution is -0.120. The predicted molar refractivity (Wildman–Crippen MR) is 119 cm³/mol. The molecule has 0 aliphatic rings. The molecule has 0 heterocycles. The number of rotatable bonds is 8. The van der Waals surface area contributed by atoms with Gasteiger partial charge in [-0.15, -0.1) is 0 Å². The number of ketones is 1. The molecule has 7 N–H and O–H groups in total. The Morgan fingerprint density at radius 2 is 1.46 bits per heavy atom. The normalized spacial score (nSPS) is 11.8. The standard InChI is InChI=1S/C14H16I3N3O6/c15-9-7(13(25)19-1-5(23)3-21)10(16)12(18)11(17)8(9)14(26)20-2-6(24)4-22/h5,21-23H,1-4,18H2,(H,19,25)(H,20,26). The molecule has 0 saturated heterocycles. The lowest BCUT2D eigenvalue weighted by atomic mass is 10.1. The van der Waals surface area contributed by atoms with Gasteiger partial charge >= 0.3 is 0 Å². The van der Waals surface area contributed by atoms with E-state index in [4.69, 9.17) is 15.9 Å². The zero-order chi connectivity index (χ0) is 20.0. The first kappa shape index (κ1) is 23.7. The summed E-state index contributed by atoms with van der Waals surface area (Å²) in [5.41, 5.74) is 6.55. The smallest absolute Gasteiger partial charge is 0.253 e. The number of amides is 2. The minimum atomic E-state index is -1.11. The van der Waals surface area contributed by atoms with Crippen molar-refractivity contribution in [2.75, 3.05) is 32.0 Å². The molecular formula is C14H16I3N3O6. The van der Waals surface area contributed by atoms with Crippen LogP contribution < -0.4 is 16.4 Å². The summed E-state index contributed by atoms with van der Waals surface area (Å²) in [5.74, 6) is -1.72. The van der Waals surface area contributed by atoms with Crippen LogP contribution in [0.5, 0.6) is 0 Å². The molecule has 12 heteroatoms. The summed E-state index contributed by atoms with van der Waals surface area (Å²) in [7, 11) is 0. The topological polar surface area (TPSA) is 162 Å². The van der Waals surface area contributed by atoms with Crippen LogP contribution in [0.1, 0.15) is 20.7 Å². The number of carbonyl (C=O) groups is 3. The fourth-order valence-electron chi connectivity index (χ4n) is 1.77. The van der Waals surface area contributed by atoms with Gasteiger partial charge in [-0.2, -0.15) is 0 Å². The number of hydrogen-bond donors (Lipinski definition) is 6. The molecule has 0 aromatic heterocycles. The molecule has 1 unspecified atom stereocenters. The summed E-state index contributed by atoms with van der Waals surface area (Å²) in [5, 5.41) is 31.8. The highest BCUT2D eigenvalue weighted by Crippen LogP contribution is 2.33. The summed E-state index contributed by atoms with van der Waals surface area (Å²) < 4.78 is 1.20. The monoisotopic (exact) mass is 703 g/mol. The van der Waals surface area contributed by atoms with Crippen molar-refractivity contribution in [3.63, 3.8) is 0 Å². The summed E-state index contributed by atoms with van der Waals surface area (Å²) in [6.45, 7) is -1.71. The van der Waals surface area contributed by atoms with E-state index in [0.29, 0.717) is 10.7 Å². The molecule has 144 valence electrons. The maximum atomic E-state index is 12.5. The van der Waals surface area contributed by atoms with Crippen molar-refractivity contribution in [2.24, 2.45) is 0 Å². The van der Waals surface area contributed by atoms with Gasteiger partial charge in [0.25, 0.3) is 11.8 Å². The maximum absolute atomic E-state index is 12.5. The van der Waals surface area contributed by atoms with E-state index in [1.54, 1.807) is 0 Å². The van der Waals surface area contributed by atoms with Crippen LogP contribution in [-0.4, -0.2) is 65.3 Å². The molecule has 2 amide bonds. The second kappa shape index (κ2) is 10.9. The quantitative estimate of drug-likeness (QED) is 0.157. The molecule has 26 heavy (non-hydrogen) atoms. The van der Waals surface area contributed by atoms with Crippen LogP contribution in [0.2, 0.25) is 0 Å². The molecule has 1 atom stereocenters. The number of anilines is 1. The molecule has 0 bridgehead atoms. The minimum absolute atomic E-state index is 0.141. The highest BCUT2D eigenvalue weighted by Gasteiger charge is 2.27. The van der Waals surface area contributed by atoms with Crippen molar-refractivity contribution in [1.29, 1.82) is 0 Å². The Labute approximate surface area is 189 Å². The number of aliphatic hydroxyl groups is 3. The Balaban J connectivity index is 3.24. The molecule has 1 aromatic rings. The molecular weight excluding hydrogens is 687 g/mol. The largest absolute Gasteiger partial charge is 0.397 e. The number of nitrogens with one attached hydrogen (secondary N) is 2. The lowest BCUT2D eigenvalue weighted by Gasteiger charge is -2.17. The highest BCUT2D eigenvalue weighted by atomic mass is 127. The summed E-state index contributed by atoms with van der Waals surface area (Å²) >= 11 is 5.61. The van der Waals surface area contributed by atoms with Crippen molar-refractivity contribution < 1.29 is 29.7 Å². The third-order valence-electron chi connectivity index (χ3n) is 3.14. The van der Waals surface area contributed by atoms with Crippen molar-refractivity contribution >= 4 is 91.1 Å². The maximum Gasteiger partial charge on any atom is 0.253 e. The predicted octanol–water partition coefficient (Wildman–Crippen LogP) is -0.543. The fourth-order valence-corrected chi connectivity index (χ4v) is 5.91. The third-order valence-corrected chi connectivity index (χ3v) is 6.46. The number of Topliss-reactive ketones (excluding diaryl/α,β-unsaturated/α-hetero) is 1. The molecule has 0 aliphatic heterocycles. The van der Waals surface area contributed by atoms with Gasteiger partial charge in [-0.3, -0.25) is 14.4 Å². The first-order chi connectivity index (χ1) is 12.1. The Bertz CT molecular complexity index is 729.